The van der Waals surface area contributed by atoms with Crippen LogP contribution in [-0.2, 0) is 17.8 Å². The number of rotatable bonds is 1. The Bertz CT molecular complexity index is 1040. The van der Waals surface area contributed by atoms with Crippen LogP contribution in [0, 0.1) is 5.41 Å². The lowest BCUT2D eigenvalue weighted by atomic mass is 9.76. The summed E-state index contributed by atoms with van der Waals surface area (Å²) in [6.45, 7) is 1.22. The number of carbonyl (C=O) groups excluding carboxylic acids is 1. The summed E-state index contributed by atoms with van der Waals surface area (Å²) >= 11 is 0. The molecule has 2 aromatic rings. The second kappa shape index (κ2) is 7.18. The Labute approximate surface area is 173 Å². The van der Waals surface area contributed by atoms with E-state index in [0.29, 0.717) is 6.54 Å². The number of amides is 1. The minimum Gasteiger partial charge on any atom is -0.475 e. The zero-order valence-electron chi connectivity index (χ0n) is 16.3. The number of alkyl halides is 5. The van der Waals surface area contributed by atoms with E-state index in [1.807, 2.05) is 24.3 Å². The van der Waals surface area contributed by atoms with Crippen molar-refractivity contribution in [2.24, 2.45) is 5.41 Å². The van der Waals surface area contributed by atoms with Gasteiger partial charge in [-0.05, 0) is 18.9 Å². The van der Waals surface area contributed by atoms with Gasteiger partial charge in [0.25, 0.3) is 11.8 Å². The molecule has 5 rings (SSSR count). The van der Waals surface area contributed by atoms with Gasteiger partial charge >= 0.3 is 12.1 Å². The van der Waals surface area contributed by atoms with Gasteiger partial charge in [0.1, 0.15) is 0 Å². The number of hydrogen-bond donors (Lipinski definition) is 2. The molecule has 1 spiro atoms. The molecule has 1 aromatic carbocycles. The number of fused-ring (bicyclic) bond motifs is 3. The fourth-order valence-electron chi connectivity index (χ4n) is 4.62. The van der Waals surface area contributed by atoms with Gasteiger partial charge in [-0.3, -0.25) is 4.79 Å². The summed E-state index contributed by atoms with van der Waals surface area (Å²) in [5.41, 5.74) is 1.81. The van der Waals surface area contributed by atoms with Crippen LogP contribution in [0.2, 0.25) is 0 Å². The molecule has 4 heterocycles. The van der Waals surface area contributed by atoms with Crippen molar-refractivity contribution in [1.29, 1.82) is 0 Å². The minimum absolute atomic E-state index is 0.0878. The van der Waals surface area contributed by atoms with Crippen LogP contribution in [0.4, 0.5) is 22.0 Å². The molecule has 31 heavy (non-hydrogen) atoms. The first-order valence-electron chi connectivity index (χ1n) is 9.75. The van der Waals surface area contributed by atoms with Gasteiger partial charge in [-0.15, -0.1) is 0 Å². The number of aliphatic carboxylic acids is 1. The number of nitrogens with one attached hydrogen (secondary N) is 1. The van der Waals surface area contributed by atoms with E-state index in [4.69, 9.17) is 9.90 Å². The molecular formula is C20H20F5N3O3. The summed E-state index contributed by atoms with van der Waals surface area (Å²) in [7, 11) is 0. The maximum atomic E-state index is 14.1. The average molecular weight is 445 g/mol. The van der Waals surface area contributed by atoms with E-state index >= 15 is 0 Å². The maximum Gasteiger partial charge on any atom is 0.490 e. The van der Waals surface area contributed by atoms with Gasteiger partial charge in [-0.25, -0.2) is 13.6 Å². The molecule has 3 aliphatic heterocycles. The summed E-state index contributed by atoms with van der Waals surface area (Å²) in [6.07, 6.45) is -3.17. The van der Waals surface area contributed by atoms with Crippen molar-refractivity contribution in [3.05, 3.63) is 35.5 Å². The Morgan fingerprint density at radius 1 is 1.10 bits per heavy atom. The van der Waals surface area contributed by atoms with E-state index in [1.165, 1.54) is 0 Å². The molecule has 2 N–H and O–H groups in total. The standard InChI is InChI=1S/C18H19F2N3O.C2HF3O2/c19-18(20)9-21-8-17(18)10-22(11-17)16(24)15-12-4-1-2-5-13(12)23-7-3-6-14(15)23;3-2(4,5)1(6)7/h1-2,4-5,21H,3,6-11H2;(H,6,7). The van der Waals surface area contributed by atoms with Crippen LogP contribution in [0.3, 0.4) is 0 Å². The van der Waals surface area contributed by atoms with Crippen molar-refractivity contribution in [3.63, 3.8) is 0 Å². The van der Waals surface area contributed by atoms with Crippen molar-refractivity contribution in [1.82, 2.24) is 14.8 Å². The topological polar surface area (TPSA) is 74.6 Å². The molecule has 11 heteroatoms. The number of benzene rings is 1. The normalized spacial score (nSPS) is 20.9. The molecule has 0 radical (unpaired) electrons. The number of aromatic nitrogens is 1. The molecule has 0 unspecified atom stereocenters. The quantitative estimate of drug-likeness (QED) is 0.663. The number of halogens is 5. The third-order valence-electron chi connectivity index (χ3n) is 6.19. The molecule has 3 aliphatic rings. The number of carboxylic acid groups (broad SMARTS) is 1. The van der Waals surface area contributed by atoms with Crippen molar-refractivity contribution >= 4 is 22.8 Å². The second-order valence-corrected chi connectivity index (χ2v) is 8.15. The second-order valence-electron chi connectivity index (χ2n) is 8.15. The van der Waals surface area contributed by atoms with E-state index < -0.39 is 23.5 Å². The molecule has 0 aliphatic carbocycles. The van der Waals surface area contributed by atoms with Gasteiger partial charge in [-0.2, -0.15) is 13.2 Å². The fourth-order valence-corrected chi connectivity index (χ4v) is 4.62. The molecule has 2 saturated heterocycles. The van der Waals surface area contributed by atoms with Crippen LogP contribution in [0.25, 0.3) is 10.9 Å². The van der Waals surface area contributed by atoms with Crippen LogP contribution in [0.1, 0.15) is 22.5 Å². The number of hydrogen-bond acceptors (Lipinski definition) is 3. The Morgan fingerprint density at radius 3 is 2.32 bits per heavy atom. The van der Waals surface area contributed by atoms with Crippen LogP contribution < -0.4 is 5.32 Å². The molecule has 168 valence electrons. The predicted molar refractivity (Wildman–Crippen MR) is 100 cm³/mol. The number of aryl methyl sites for hydroxylation is 1. The molecule has 0 saturated carbocycles. The SMILES string of the molecule is O=C(O)C(F)(F)F.O=C(c1c2n(c3ccccc13)CCC2)N1CC2(CNCC2(F)F)C1. The average Bonchev–Trinajstić information content (AvgIpc) is 3.31. The number of carbonyl (C=O) groups is 2. The third-order valence-corrected chi connectivity index (χ3v) is 6.19. The van der Waals surface area contributed by atoms with Gasteiger partial charge < -0.3 is 19.9 Å². The highest BCUT2D eigenvalue weighted by Crippen LogP contribution is 2.47. The first-order chi connectivity index (χ1) is 14.5. The lowest BCUT2D eigenvalue weighted by Gasteiger charge is -2.50. The highest BCUT2D eigenvalue weighted by molar-refractivity contribution is 6.09. The predicted octanol–water partition coefficient (Wildman–Crippen LogP) is 2.90. The van der Waals surface area contributed by atoms with Gasteiger partial charge in [-0.1, -0.05) is 18.2 Å². The third kappa shape index (κ3) is 3.44. The highest BCUT2D eigenvalue weighted by atomic mass is 19.4. The number of para-hydroxylation sites is 1. The molecule has 2 fully saturated rings. The molecule has 0 bridgehead atoms. The molecular weight excluding hydrogens is 425 g/mol. The smallest absolute Gasteiger partial charge is 0.475 e. The Hall–Kier alpha value is -2.69. The van der Waals surface area contributed by atoms with Crippen LogP contribution >= 0.6 is 0 Å². The summed E-state index contributed by atoms with van der Waals surface area (Å²) in [5, 5.41) is 10.9. The molecule has 0 atom stereocenters. The van der Waals surface area contributed by atoms with Crippen molar-refractivity contribution in [2.45, 2.75) is 31.5 Å². The van der Waals surface area contributed by atoms with Gasteiger partial charge in [0.05, 0.1) is 17.5 Å². The molecule has 1 amide bonds. The summed E-state index contributed by atoms with van der Waals surface area (Å²) < 4.78 is 62.1. The maximum absolute atomic E-state index is 14.1. The zero-order valence-corrected chi connectivity index (χ0v) is 16.3. The van der Waals surface area contributed by atoms with Crippen LogP contribution in [0.15, 0.2) is 24.3 Å². The minimum atomic E-state index is -5.08. The number of nitrogens with zero attached hydrogens (tertiary/aromatic N) is 2. The molecule has 1 aromatic heterocycles. The van der Waals surface area contributed by atoms with Gasteiger partial charge in [0.2, 0.25) is 0 Å². The monoisotopic (exact) mass is 445 g/mol. The first-order valence-corrected chi connectivity index (χ1v) is 9.75. The van der Waals surface area contributed by atoms with E-state index in [1.54, 1.807) is 4.90 Å². The molecule has 6 nitrogen and oxygen atoms in total. The lowest BCUT2D eigenvalue weighted by Crippen LogP contribution is -2.65. The van der Waals surface area contributed by atoms with Crippen molar-refractivity contribution < 1.29 is 36.6 Å². The Kier molecular flexibility index (Phi) is 4.99. The Morgan fingerprint density at radius 2 is 1.74 bits per heavy atom. The van der Waals surface area contributed by atoms with Crippen molar-refractivity contribution in [3.8, 4) is 0 Å². The van der Waals surface area contributed by atoms with Gasteiger partial charge in [0.15, 0.2) is 0 Å². The first kappa shape index (κ1) is 21.5. The van der Waals surface area contributed by atoms with Crippen LogP contribution in [0.5, 0.6) is 0 Å². The zero-order chi connectivity index (χ0) is 22.6. The summed E-state index contributed by atoms with van der Waals surface area (Å²) in [6, 6.07) is 7.91. The highest BCUT2D eigenvalue weighted by Gasteiger charge is 2.64. The fraction of sp³-hybridized carbons (Fsp3) is 0.500. The number of likely N-dealkylation sites (tertiary alicyclic amines) is 1. The lowest BCUT2D eigenvalue weighted by molar-refractivity contribution is -0.192. The van der Waals surface area contributed by atoms with Crippen LogP contribution in [-0.4, -0.2) is 64.7 Å². The summed E-state index contributed by atoms with van der Waals surface area (Å²) in [4.78, 5) is 23.6. The largest absolute Gasteiger partial charge is 0.490 e. The van der Waals surface area contributed by atoms with Gasteiger partial charge in [0, 0.05) is 42.8 Å². The number of carboxylic acids is 1. The Balaban J connectivity index is 0.000000289. The summed E-state index contributed by atoms with van der Waals surface area (Å²) in [5.74, 6) is -5.57. The van der Waals surface area contributed by atoms with E-state index in [2.05, 4.69) is 9.88 Å². The van der Waals surface area contributed by atoms with E-state index in [9.17, 15) is 26.7 Å². The van der Waals surface area contributed by atoms with E-state index in [-0.39, 0.29) is 25.5 Å². The van der Waals surface area contributed by atoms with E-state index in [0.717, 1.165) is 41.5 Å². The van der Waals surface area contributed by atoms with Crippen molar-refractivity contribution in [2.75, 3.05) is 26.2 Å².